The van der Waals surface area contributed by atoms with Crippen molar-refractivity contribution in [2.24, 2.45) is 0 Å². The van der Waals surface area contributed by atoms with Gasteiger partial charge in [-0.05, 0) is 20.3 Å². The van der Waals surface area contributed by atoms with Gasteiger partial charge in [0.1, 0.15) is 6.10 Å². The summed E-state index contributed by atoms with van der Waals surface area (Å²) in [6, 6.07) is 0. The highest BCUT2D eigenvalue weighted by atomic mass is 16.6. The van der Waals surface area contributed by atoms with Crippen LogP contribution in [-0.4, -0.2) is 54.9 Å². The number of carbonyl (C=O) groups is 2. The second kappa shape index (κ2) is 12.0. The molecule has 0 heterocycles. The Labute approximate surface area is 126 Å². The second-order valence-electron chi connectivity index (χ2n) is 4.58. The fourth-order valence-corrected chi connectivity index (χ4v) is 1.39. The maximum absolute atomic E-state index is 11.5. The SMILES string of the molecule is C/C=C/C(=O)OCCC(C)OC(=O)/C=C/N(C)CCCO. The van der Waals surface area contributed by atoms with Crippen molar-refractivity contribution in [3.05, 3.63) is 24.4 Å². The molecule has 0 fully saturated rings. The predicted octanol–water partition coefficient (Wildman–Crippen LogP) is 1.26. The molecule has 0 saturated heterocycles. The number of allylic oxidation sites excluding steroid dienone is 1. The Kier molecular flexibility index (Phi) is 10.9. The summed E-state index contributed by atoms with van der Waals surface area (Å²) in [6.45, 7) is 4.46. The van der Waals surface area contributed by atoms with Crippen molar-refractivity contribution in [2.75, 3.05) is 26.8 Å². The van der Waals surface area contributed by atoms with Crippen molar-refractivity contribution in [3.63, 3.8) is 0 Å². The Morgan fingerprint density at radius 2 is 2.00 bits per heavy atom. The minimum atomic E-state index is -0.446. The molecular formula is C15H25NO5. The first-order chi connectivity index (χ1) is 9.99. The highest BCUT2D eigenvalue weighted by Gasteiger charge is 2.08. The van der Waals surface area contributed by atoms with Gasteiger partial charge in [0, 0.05) is 45.0 Å². The van der Waals surface area contributed by atoms with E-state index < -0.39 is 11.9 Å². The lowest BCUT2D eigenvalue weighted by molar-refractivity contribution is -0.144. The second-order valence-corrected chi connectivity index (χ2v) is 4.58. The lowest BCUT2D eigenvalue weighted by Gasteiger charge is -2.14. The van der Waals surface area contributed by atoms with Crippen molar-refractivity contribution >= 4 is 11.9 Å². The molecule has 0 radical (unpaired) electrons. The van der Waals surface area contributed by atoms with Crippen LogP contribution in [-0.2, 0) is 19.1 Å². The molecule has 21 heavy (non-hydrogen) atoms. The van der Waals surface area contributed by atoms with Crippen molar-refractivity contribution in [3.8, 4) is 0 Å². The van der Waals surface area contributed by atoms with Gasteiger partial charge in [0.25, 0.3) is 0 Å². The zero-order valence-corrected chi connectivity index (χ0v) is 12.9. The zero-order valence-electron chi connectivity index (χ0n) is 12.9. The van der Waals surface area contributed by atoms with Crippen LogP contribution in [0, 0.1) is 0 Å². The third kappa shape index (κ3) is 11.7. The minimum absolute atomic E-state index is 0.117. The summed E-state index contributed by atoms with van der Waals surface area (Å²) in [5, 5.41) is 8.68. The lowest BCUT2D eigenvalue weighted by atomic mass is 10.3. The van der Waals surface area contributed by atoms with Gasteiger partial charge in [0.05, 0.1) is 6.61 Å². The smallest absolute Gasteiger partial charge is 0.332 e. The van der Waals surface area contributed by atoms with E-state index in [9.17, 15) is 9.59 Å². The fourth-order valence-electron chi connectivity index (χ4n) is 1.39. The van der Waals surface area contributed by atoms with Crippen LogP contribution in [0.1, 0.15) is 26.7 Å². The lowest BCUT2D eigenvalue weighted by Crippen LogP contribution is -2.18. The molecule has 0 aromatic heterocycles. The molecule has 1 N–H and O–H groups in total. The molecule has 0 aliphatic heterocycles. The zero-order chi connectivity index (χ0) is 16.1. The predicted molar refractivity (Wildman–Crippen MR) is 79.4 cm³/mol. The molecule has 0 bridgehead atoms. The number of rotatable bonds is 10. The summed E-state index contributed by atoms with van der Waals surface area (Å²) in [4.78, 5) is 24.4. The van der Waals surface area contributed by atoms with Crippen LogP contribution in [0.25, 0.3) is 0 Å². The van der Waals surface area contributed by atoms with Crippen molar-refractivity contribution in [1.29, 1.82) is 0 Å². The number of hydrogen-bond acceptors (Lipinski definition) is 6. The first-order valence-corrected chi connectivity index (χ1v) is 6.99. The van der Waals surface area contributed by atoms with E-state index in [1.807, 2.05) is 7.05 Å². The Morgan fingerprint density at radius 1 is 1.29 bits per heavy atom. The molecule has 0 saturated carbocycles. The molecule has 0 aliphatic carbocycles. The molecule has 6 nitrogen and oxygen atoms in total. The fraction of sp³-hybridized carbons (Fsp3) is 0.600. The van der Waals surface area contributed by atoms with Crippen molar-refractivity contribution < 1.29 is 24.2 Å². The molecule has 0 aromatic carbocycles. The van der Waals surface area contributed by atoms with Gasteiger partial charge in [0.15, 0.2) is 0 Å². The van der Waals surface area contributed by atoms with E-state index in [0.717, 1.165) is 0 Å². The topological polar surface area (TPSA) is 76.1 Å². The largest absolute Gasteiger partial charge is 0.462 e. The minimum Gasteiger partial charge on any atom is -0.462 e. The summed E-state index contributed by atoms with van der Waals surface area (Å²) in [7, 11) is 1.81. The summed E-state index contributed by atoms with van der Waals surface area (Å²) in [5.74, 6) is -0.848. The van der Waals surface area contributed by atoms with E-state index >= 15 is 0 Å². The molecular weight excluding hydrogens is 274 g/mol. The van der Waals surface area contributed by atoms with E-state index in [1.54, 1.807) is 31.0 Å². The molecule has 0 spiro atoms. The Balaban J connectivity index is 3.88. The van der Waals surface area contributed by atoms with Crippen LogP contribution < -0.4 is 0 Å². The number of ether oxygens (including phenoxy) is 2. The molecule has 1 unspecified atom stereocenters. The summed E-state index contributed by atoms with van der Waals surface area (Å²) < 4.78 is 10.0. The molecule has 120 valence electrons. The summed E-state index contributed by atoms with van der Waals surface area (Å²) in [6.07, 6.45) is 6.64. The normalized spacial score (nSPS) is 12.6. The number of aliphatic hydroxyl groups is 1. The monoisotopic (exact) mass is 299 g/mol. The van der Waals surface area contributed by atoms with Gasteiger partial charge in [-0.3, -0.25) is 0 Å². The highest BCUT2D eigenvalue weighted by molar-refractivity contribution is 5.82. The number of hydrogen-bond donors (Lipinski definition) is 1. The van der Waals surface area contributed by atoms with E-state index in [2.05, 4.69) is 0 Å². The number of esters is 2. The maximum Gasteiger partial charge on any atom is 0.332 e. The van der Waals surface area contributed by atoms with E-state index in [4.69, 9.17) is 14.6 Å². The van der Waals surface area contributed by atoms with Crippen molar-refractivity contribution in [1.82, 2.24) is 4.90 Å². The Hall–Kier alpha value is -1.82. The third-order valence-corrected chi connectivity index (χ3v) is 2.52. The van der Waals surface area contributed by atoms with E-state index in [0.29, 0.717) is 19.4 Å². The van der Waals surface area contributed by atoms with E-state index in [1.165, 1.54) is 12.2 Å². The van der Waals surface area contributed by atoms with Crippen LogP contribution in [0.3, 0.4) is 0 Å². The van der Waals surface area contributed by atoms with Crippen LogP contribution in [0.15, 0.2) is 24.4 Å². The summed E-state index contributed by atoms with van der Waals surface area (Å²) in [5.41, 5.74) is 0. The molecule has 6 heteroatoms. The van der Waals surface area contributed by atoms with Crippen LogP contribution in [0.5, 0.6) is 0 Å². The van der Waals surface area contributed by atoms with Gasteiger partial charge in [-0.15, -0.1) is 0 Å². The van der Waals surface area contributed by atoms with Gasteiger partial charge in [-0.2, -0.15) is 0 Å². The molecule has 0 amide bonds. The maximum atomic E-state index is 11.5. The molecule has 0 aliphatic rings. The molecule has 0 aromatic rings. The Morgan fingerprint density at radius 3 is 2.62 bits per heavy atom. The quantitative estimate of drug-likeness (QED) is 0.483. The molecule has 1 atom stereocenters. The van der Waals surface area contributed by atoms with Gasteiger partial charge < -0.3 is 19.5 Å². The van der Waals surface area contributed by atoms with Gasteiger partial charge in [-0.25, -0.2) is 9.59 Å². The average Bonchev–Trinajstić information content (AvgIpc) is 2.43. The molecule has 0 rings (SSSR count). The van der Waals surface area contributed by atoms with Gasteiger partial charge >= 0.3 is 11.9 Å². The van der Waals surface area contributed by atoms with Gasteiger partial charge in [-0.1, -0.05) is 6.08 Å². The van der Waals surface area contributed by atoms with Crippen LogP contribution >= 0.6 is 0 Å². The number of nitrogens with zero attached hydrogens (tertiary/aromatic N) is 1. The average molecular weight is 299 g/mol. The third-order valence-electron chi connectivity index (χ3n) is 2.52. The van der Waals surface area contributed by atoms with Crippen LogP contribution in [0.4, 0.5) is 0 Å². The van der Waals surface area contributed by atoms with Crippen LogP contribution in [0.2, 0.25) is 0 Å². The number of aliphatic hydroxyl groups excluding tert-OH is 1. The Bertz CT molecular complexity index is 365. The first kappa shape index (κ1) is 19.2. The number of carbonyl (C=O) groups excluding carboxylic acids is 2. The van der Waals surface area contributed by atoms with E-state index in [-0.39, 0.29) is 19.3 Å². The van der Waals surface area contributed by atoms with Crippen molar-refractivity contribution in [2.45, 2.75) is 32.8 Å². The standard InChI is InChI=1S/C15H25NO5/c1-4-6-14(18)20-12-8-13(2)21-15(19)7-10-16(3)9-5-11-17/h4,6-7,10,13,17H,5,8-9,11-12H2,1-3H3/b6-4+,10-7+. The first-order valence-electron chi connectivity index (χ1n) is 6.99. The summed E-state index contributed by atoms with van der Waals surface area (Å²) >= 11 is 0. The highest BCUT2D eigenvalue weighted by Crippen LogP contribution is 2.00. The van der Waals surface area contributed by atoms with Gasteiger partial charge in [0.2, 0.25) is 0 Å².